The van der Waals surface area contributed by atoms with E-state index in [1.54, 1.807) is 18.2 Å². The molecule has 106 valence electrons. The molecule has 0 aliphatic carbocycles. The Balaban J connectivity index is 1.83. The third-order valence-electron chi connectivity index (χ3n) is 3.22. The first-order chi connectivity index (χ1) is 10.1. The third kappa shape index (κ3) is 2.89. The highest BCUT2D eigenvalue weighted by Crippen LogP contribution is 2.22. The van der Waals surface area contributed by atoms with Gasteiger partial charge in [-0.2, -0.15) is 0 Å². The van der Waals surface area contributed by atoms with E-state index in [1.165, 1.54) is 0 Å². The van der Waals surface area contributed by atoms with Gasteiger partial charge in [0.05, 0.1) is 0 Å². The molecule has 2 aromatic carbocycles. The van der Waals surface area contributed by atoms with Crippen molar-refractivity contribution in [3.8, 4) is 5.75 Å². The van der Waals surface area contributed by atoms with E-state index in [0.29, 0.717) is 11.5 Å². The van der Waals surface area contributed by atoms with E-state index >= 15 is 0 Å². The van der Waals surface area contributed by atoms with Gasteiger partial charge < -0.3 is 14.4 Å². The molecule has 4 heteroatoms. The lowest BCUT2D eigenvalue weighted by Crippen LogP contribution is -2.07. The van der Waals surface area contributed by atoms with E-state index in [1.807, 2.05) is 38.4 Å². The number of phenolic OH excluding ortho intramolecular Hbond substituents is 1. The maximum Gasteiger partial charge on any atom is 0.220 e. The highest BCUT2D eigenvalue weighted by atomic mass is 16.3. The van der Waals surface area contributed by atoms with Crippen LogP contribution in [0.2, 0.25) is 0 Å². The van der Waals surface area contributed by atoms with E-state index in [2.05, 4.69) is 22.0 Å². The van der Waals surface area contributed by atoms with Crippen molar-refractivity contribution in [1.82, 2.24) is 4.98 Å². The van der Waals surface area contributed by atoms with Crippen LogP contribution < -0.4 is 4.90 Å². The van der Waals surface area contributed by atoms with Gasteiger partial charge in [-0.25, -0.2) is 4.98 Å². The van der Waals surface area contributed by atoms with E-state index in [-0.39, 0.29) is 5.75 Å². The first-order valence-corrected chi connectivity index (χ1v) is 6.67. The normalized spacial score (nSPS) is 11.3. The number of benzene rings is 2. The van der Waals surface area contributed by atoms with Crippen LogP contribution in [-0.4, -0.2) is 24.2 Å². The Hall–Kier alpha value is -2.75. The third-order valence-corrected chi connectivity index (χ3v) is 3.22. The quantitative estimate of drug-likeness (QED) is 0.793. The van der Waals surface area contributed by atoms with Crippen molar-refractivity contribution in [1.29, 1.82) is 0 Å². The van der Waals surface area contributed by atoms with Gasteiger partial charge in [-0.05, 0) is 35.9 Å². The van der Waals surface area contributed by atoms with Gasteiger partial charge in [0.25, 0.3) is 0 Å². The fourth-order valence-electron chi connectivity index (χ4n) is 2.05. The molecule has 3 aromatic rings. The Kier molecular flexibility index (Phi) is 3.36. The summed E-state index contributed by atoms with van der Waals surface area (Å²) in [7, 11) is 4.02. The first kappa shape index (κ1) is 13.2. The van der Waals surface area contributed by atoms with Crippen molar-refractivity contribution in [3.05, 3.63) is 53.9 Å². The number of aromatic nitrogens is 1. The van der Waals surface area contributed by atoms with Crippen molar-refractivity contribution >= 4 is 28.9 Å². The van der Waals surface area contributed by atoms with Crippen molar-refractivity contribution in [2.75, 3.05) is 19.0 Å². The summed E-state index contributed by atoms with van der Waals surface area (Å²) in [6.07, 6.45) is 3.77. The Bertz CT molecular complexity index is 786. The minimum Gasteiger partial charge on any atom is -0.508 e. The lowest BCUT2D eigenvalue weighted by molar-refractivity contribution is 0.474. The number of hydrogen-bond acceptors (Lipinski definition) is 4. The lowest BCUT2D eigenvalue weighted by Gasteiger charge is -2.11. The second-order valence-electron chi connectivity index (χ2n) is 5.02. The molecule has 0 unspecified atom stereocenters. The van der Waals surface area contributed by atoms with Crippen LogP contribution in [-0.2, 0) is 0 Å². The van der Waals surface area contributed by atoms with E-state index < -0.39 is 0 Å². The Morgan fingerprint density at radius 2 is 1.81 bits per heavy atom. The number of hydrogen-bond donors (Lipinski definition) is 1. The molecule has 4 nitrogen and oxygen atoms in total. The minimum absolute atomic E-state index is 0.174. The maximum absolute atomic E-state index is 9.41. The zero-order valence-corrected chi connectivity index (χ0v) is 11.9. The summed E-state index contributed by atoms with van der Waals surface area (Å²) < 4.78 is 5.57. The van der Waals surface area contributed by atoms with Crippen LogP contribution >= 0.6 is 0 Å². The fraction of sp³-hybridized carbons (Fsp3) is 0.118. The SMILES string of the molecule is CN(C)c1ccc(/C=C/c2nc3ccc(O)cc3o2)cc1. The number of anilines is 1. The molecule has 3 rings (SSSR count). The molecule has 0 saturated heterocycles. The number of phenols is 1. The van der Waals surface area contributed by atoms with Crippen molar-refractivity contribution in [2.24, 2.45) is 0 Å². The number of nitrogens with zero attached hydrogens (tertiary/aromatic N) is 2. The van der Waals surface area contributed by atoms with Crippen LogP contribution in [0.15, 0.2) is 46.9 Å². The fourth-order valence-corrected chi connectivity index (χ4v) is 2.05. The highest BCUT2D eigenvalue weighted by Gasteiger charge is 2.03. The molecule has 0 atom stereocenters. The molecular weight excluding hydrogens is 264 g/mol. The molecule has 1 aromatic heterocycles. The topological polar surface area (TPSA) is 49.5 Å². The van der Waals surface area contributed by atoms with Crippen LogP contribution in [0.5, 0.6) is 5.75 Å². The number of oxazole rings is 1. The summed E-state index contributed by atoms with van der Waals surface area (Å²) in [6.45, 7) is 0. The summed E-state index contributed by atoms with van der Waals surface area (Å²) in [4.78, 5) is 6.40. The Morgan fingerprint density at radius 1 is 1.05 bits per heavy atom. The maximum atomic E-state index is 9.41. The van der Waals surface area contributed by atoms with Gasteiger partial charge >= 0.3 is 0 Å². The van der Waals surface area contributed by atoms with Crippen LogP contribution in [0.4, 0.5) is 5.69 Å². The zero-order chi connectivity index (χ0) is 14.8. The number of fused-ring (bicyclic) bond motifs is 1. The van der Waals surface area contributed by atoms with Crippen LogP contribution in [0.1, 0.15) is 11.5 Å². The summed E-state index contributed by atoms with van der Waals surface area (Å²) in [6, 6.07) is 13.1. The van der Waals surface area contributed by atoms with Gasteiger partial charge in [0.1, 0.15) is 11.3 Å². The smallest absolute Gasteiger partial charge is 0.220 e. The Morgan fingerprint density at radius 3 is 2.52 bits per heavy atom. The van der Waals surface area contributed by atoms with Gasteiger partial charge in [0.15, 0.2) is 5.58 Å². The Labute approximate surface area is 123 Å². The first-order valence-electron chi connectivity index (χ1n) is 6.67. The molecule has 0 radical (unpaired) electrons. The predicted molar refractivity (Wildman–Crippen MR) is 85.4 cm³/mol. The van der Waals surface area contributed by atoms with Crippen LogP contribution in [0, 0.1) is 0 Å². The van der Waals surface area contributed by atoms with Crippen molar-refractivity contribution in [3.63, 3.8) is 0 Å². The molecule has 0 fully saturated rings. The standard InChI is InChI=1S/C17H16N2O2/c1-19(2)13-6-3-12(4-7-13)5-10-17-18-15-9-8-14(20)11-16(15)21-17/h3-11,20H,1-2H3/b10-5+. The molecule has 1 N–H and O–H groups in total. The molecule has 0 bridgehead atoms. The average molecular weight is 280 g/mol. The van der Waals surface area contributed by atoms with Crippen LogP contribution in [0.3, 0.4) is 0 Å². The average Bonchev–Trinajstić information content (AvgIpc) is 2.87. The van der Waals surface area contributed by atoms with Gasteiger partial charge in [0.2, 0.25) is 5.89 Å². The molecule has 1 heterocycles. The van der Waals surface area contributed by atoms with Gasteiger partial charge in [-0.3, -0.25) is 0 Å². The largest absolute Gasteiger partial charge is 0.508 e. The predicted octanol–water partition coefficient (Wildman–Crippen LogP) is 3.77. The number of rotatable bonds is 3. The second kappa shape index (κ2) is 5.32. The van der Waals surface area contributed by atoms with Crippen molar-refractivity contribution < 1.29 is 9.52 Å². The zero-order valence-electron chi connectivity index (χ0n) is 11.9. The van der Waals surface area contributed by atoms with E-state index in [0.717, 1.165) is 16.8 Å². The second-order valence-corrected chi connectivity index (χ2v) is 5.02. The van der Waals surface area contributed by atoms with E-state index in [9.17, 15) is 5.11 Å². The van der Waals surface area contributed by atoms with E-state index in [4.69, 9.17) is 4.42 Å². The molecule has 0 aliphatic rings. The molecule has 0 saturated carbocycles. The minimum atomic E-state index is 0.174. The highest BCUT2D eigenvalue weighted by molar-refractivity contribution is 5.77. The summed E-state index contributed by atoms with van der Waals surface area (Å²) in [5.74, 6) is 0.695. The summed E-state index contributed by atoms with van der Waals surface area (Å²) in [5, 5.41) is 9.41. The summed E-state index contributed by atoms with van der Waals surface area (Å²) >= 11 is 0. The molecule has 0 amide bonds. The molecule has 0 aliphatic heterocycles. The monoisotopic (exact) mass is 280 g/mol. The van der Waals surface area contributed by atoms with Crippen LogP contribution in [0.25, 0.3) is 23.3 Å². The molecular formula is C17H16N2O2. The van der Waals surface area contributed by atoms with Gasteiger partial charge in [-0.15, -0.1) is 0 Å². The van der Waals surface area contributed by atoms with Gasteiger partial charge in [-0.1, -0.05) is 12.1 Å². The molecule has 21 heavy (non-hydrogen) atoms. The molecule has 0 spiro atoms. The lowest BCUT2D eigenvalue weighted by atomic mass is 10.2. The van der Waals surface area contributed by atoms with Crippen molar-refractivity contribution in [2.45, 2.75) is 0 Å². The van der Waals surface area contributed by atoms with Gasteiger partial charge in [0, 0.05) is 31.9 Å². The number of aromatic hydroxyl groups is 1. The summed E-state index contributed by atoms with van der Waals surface area (Å²) in [5.41, 5.74) is 3.54.